The fraction of sp³-hybridized carbons (Fsp3) is 0.870. The van der Waals surface area contributed by atoms with Crippen LogP contribution in [0.25, 0.3) is 0 Å². The smallest absolute Gasteiger partial charge is 0.315 e. The van der Waals surface area contributed by atoms with Crippen LogP contribution in [0.1, 0.15) is 65.2 Å². The lowest BCUT2D eigenvalue weighted by molar-refractivity contribution is -0.136. The Morgan fingerprint density at radius 2 is 1.74 bits per heavy atom. The van der Waals surface area contributed by atoms with Crippen molar-refractivity contribution in [3.8, 4) is 0 Å². The number of carbonyl (C=O) groups excluding carboxylic acids is 3. The van der Waals surface area contributed by atoms with Crippen molar-refractivity contribution in [2.75, 3.05) is 26.2 Å². The molecule has 0 aromatic heterocycles. The number of nitrogens with one attached hydrogen (secondary N) is 3. The summed E-state index contributed by atoms with van der Waals surface area (Å²) in [6.07, 6.45) is 9.08. The quantitative estimate of drug-likeness (QED) is 0.591. The summed E-state index contributed by atoms with van der Waals surface area (Å²) in [6.45, 7) is 6.80. The third-order valence-electron chi connectivity index (χ3n) is 7.17. The van der Waals surface area contributed by atoms with E-state index in [0.29, 0.717) is 19.0 Å². The second kappa shape index (κ2) is 9.76. The Morgan fingerprint density at radius 3 is 2.42 bits per heavy atom. The minimum absolute atomic E-state index is 0.0127. The molecule has 0 bridgehead atoms. The molecule has 4 rings (SSSR count). The van der Waals surface area contributed by atoms with Crippen LogP contribution in [0.2, 0.25) is 0 Å². The van der Waals surface area contributed by atoms with Gasteiger partial charge in [0.2, 0.25) is 11.8 Å². The lowest BCUT2D eigenvalue weighted by Gasteiger charge is -2.31. The molecule has 0 unspecified atom stereocenters. The first-order valence-corrected chi connectivity index (χ1v) is 12.3. The minimum Gasteiger partial charge on any atom is -0.343 e. The Kier molecular flexibility index (Phi) is 7.04. The number of fused-ring (bicyclic) bond motifs is 1. The second-order valence-electron chi connectivity index (χ2n) is 10.4. The van der Waals surface area contributed by atoms with Gasteiger partial charge in [0.05, 0.1) is 6.04 Å². The Balaban J connectivity index is 1.43. The maximum atomic E-state index is 13.4. The molecule has 4 amide bonds. The molecule has 0 radical (unpaired) electrons. The monoisotopic (exact) mass is 433 g/mol. The minimum atomic E-state index is -0.482. The summed E-state index contributed by atoms with van der Waals surface area (Å²) in [4.78, 5) is 42.4. The molecule has 0 aromatic carbocycles. The summed E-state index contributed by atoms with van der Waals surface area (Å²) < 4.78 is 0. The molecule has 2 aliphatic heterocycles. The number of rotatable bonds is 6. The summed E-state index contributed by atoms with van der Waals surface area (Å²) in [7, 11) is 0. The van der Waals surface area contributed by atoms with Crippen LogP contribution in [0, 0.1) is 11.8 Å². The second-order valence-corrected chi connectivity index (χ2v) is 10.4. The van der Waals surface area contributed by atoms with Crippen molar-refractivity contribution < 1.29 is 14.4 Å². The largest absolute Gasteiger partial charge is 0.343 e. The molecule has 2 saturated carbocycles. The normalized spacial score (nSPS) is 30.1. The zero-order valence-corrected chi connectivity index (χ0v) is 19.1. The molecule has 4 fully saturated rings. The molecule has 3 atom stereocenters. The first-order chi connectivity index (χ1) is 14.9. The highest BCUT2D eigenvalue weighted by molar-refractivity contribution is 5.90. The van der Waals surface area contributed by atoms with Gasteiger partial charge >= 0.3 is 6.03 Å². The standard InChI is InChI=1S/C23H39N5O3/c1-15(2)24-23(31)25-18-10-19-13-27(11-16-6-4-3-5-7-16)14-20(22(30)28(19)12-18)26-21(29)17-8-9-17/h15-20H,3-14H2,1-2H3,(H,26,29)(H2,24,25,31)/t18-,19-,20-/m0/s1. The van der Waals surface area contributed by atoms with Gasteiger partial charge in [-0.05, 0) is 51.9 Å². The van der Waals surface area contributed by atoms with E-state index in [-0.39, 0.29) is 41.9 Å². The van der Waals surface area contributed by atoms with Gasteiger partial charge in [0.25, 0.3) is 0 Å². The van der Waals surface area contributed by atoms with E-state index in [1.807, 2.05) is 18.7 Å². The highest BCUT2D eigenvalue weighted by Gasteiger charge is 2.44. The van der Waals surface area contributed by atoms with Gasteiger partial charge in [-0.3, -0.25) is 14.5 Å². The Morgan fingerprint density at radius 1 is 1.00 bits per heavy atom. The number of amides is 4. The van der Waals surface area contributed by atoms with Gasteiger partial charge in [-0.25, -0.2) is 4.79 Å². The van der Waals surface area contributed by atoms with Gasteiger partial charge in [-0.2, -0.15) is 0 Å². The summed E-state index contributed by atoms with van der Waals surface area (Å²) in [6, 6.07) is -0.556. The number of hydrogen-bond donors (Lipinski definition) is 3. The Bertz CT molecular complexity index is 674. The fourth-order valence-corrected chi connectivity index (χ4v) is 5.49. The number of nitrogens with zero attached hydrogens (tertiary/aromatic N) is 2. The van der Waals surface area contributed by atoms with Gasteiger partial charge in [-0.15, -0.1) is 0 Å². The number of urea groups is 1. The molecule has 174 valence electrons. The zero-order valence-electron chi connectivity index (χ0n) is 19.1. The van der Waals surface area contributed by atoms with Crippen LogP contribution in [-0.4, -0.2) is 78.0 Å². The summed E-state index contributed by atoms with van der Waals surface area (Å²) in [5, 5.41) is 8.97. The van der Waals surface area contributed by atoms with Crippen molar-refractivity contribution in [2.24, 2.45) is 11.8 Å². The van der Waals surface area contributed by atoms with E-state index in [1.54, 1.807) is 0 Å². The van der Waals surface area contributed by atoms with Crippen molar-refractivity contribution >= 4 is 17.8 Å². The topological polar surface area (TPSA) is 93.8 Å². The van der Waals surface area contributed by atoms with Crippen molar-refractivity contribution in [3.63, 3.8) is 0 Å². The zero-order chi connectivity index (χ0) is 22.0. The van der Waals surface area contributed by atoms with Crippen molar-refractivity contribution in [1.82, 2.24) is 25.8 Å². The van der Waals surface area contributed by atoms with Crippen LogP contribution in [-0.2, 0) is 9.59 Å². The highest BCUT2D eigenvalue weighted by Crippen LogP contribution is 2.30. The van der Waals surface area contributed by atoms with E-state index < -0.39 is 6.04 Å². The van der Waals surface area contributed by atoms with Crippen molar-refractivity contribution in [1.29, 1.82) is 0 Å². The van der Waals surface area contributed by atoms with Gasteiger partial charge in [-0.1, -0.05) is 19.3 Å². The van der Waals surface area contributed by atoms with E-state index >= 15 is 0 Å². The maximum absolute atomic E-state index is 13.4. The lowest BCUT2D eigenvalue weighted by atomic mass is 9.89. The molecule has 31 heavy (non-hydrogen) atoms. The Hall–Kier alpha value is -1.83. The molecular formula is C23H39N5O3. The molecule has 0 spiro atoms. The van der Waals surface area contributed by atoms with Crippen molar-refractivity contribution in [3.05, 3.63) is 0 Å². The third kappa shape index (κ3) is 5.90. The Labute approximate surface area is 185 Å². The average Bonchev–Trinajstić information content (AvgIpc) is 3.50. The van der Waals surface area contributed by atoms with Crippen LogP contribution >= 0.6 is 0 Å². The summed E-state index contributed by atoms with van der Waals surface area (Å²) in [5.74, 6) is 0.812. The molecule has 4 aliphatic rings. The average molecular weight is 434 g/mol. The molecule has 8 nitrogen and oxygen atoms in total. The molecule has 8 heteroatoms. The highest BCUT2D eigenvalue weighted by atomic mass is 16.2. The molecule has 0 aromatic rings. The first-order valence-electron chi connectivity index (χ1n) is 12.3. The summed E-state index contributed by atoms with van der Waals surface area (Å²) >= 11 is 0. The van der Waals surface area contributed by atoms with Crippen molar-refractivity contribution in [2.45, 2.75) is 89.4 Å². The first kappa shape index (κ1) is 22.4. The maximum Gasteiger partial charge on any atom is 0.315 e. The fourth-order valence-electron chi connectivity index (χ4n) is 5.49. The van der Waals surface area contributed by atoms with Gasteiger partial charge < -0.3 is 20.9 Å². The number of carbonyl (C=O) groups is 3. The van der Waals surface area contributed by atoms with Crippen LogP contribution in [0.5, 0.6) is 0 Å². The number of hydrogen-bond acceptors (Lipinski definition) is 4. The SMILES string of the molecule is CC(C)NC(=O)N[C@H]1C[C@H]2CN(CC3CCCCC3)C[C@H](NC(=O)C3CC3)C(=O)N2C1. The molecular weight excluding hydrogens is 394 g/mol. The van der Waals surface area contributed by atoms with E-state index in [2.05, 4.69) is 20.9 Å². The van der Waals surface area contributed by atoms with Gasteiger partial charge in [0.1, 0.15) is 6.04 Å². The molecule has 3 N–H and O–H groups in total. The van der Waals surface area contributed by atoms with E-state index in [4.69, 9.17) is 0 Å². The predicted molar refractivity (Wildman–Crippen MR) is 118 cm³/mol. The van der Waals surface area contributed by atoms with Crippen LogP contribution < -0.4 is 16.0 Å². The van der Waals surface area contributed by atoms with Crippen LogP contribution in [0.3, 0.4) is 0 Å². The van der Waals surface area contributed by atoms with E-state index in [9.17, 15) is 14.4 Å². The summed E-state index contributed by atoms with van der Waals surface area (Å²) in [5.41, 5.74) is 0. The predicted octanol–water partition coefficient (Wildman–Crippen LogP) is 1.45. The van der Waals surface area contributed by atoms with Gasteiger partial charge in [0.15, 0.2) is 0 Å². The molecule has 2 aliphatic carbocycles. The van der Waals surface area contributed by atoms with E-state index in [0.717, 1.165) is 32.4 Å². The van der Waals surface area contributed by atoms with E-state index in [1.165, 1.54) is 32.1 Å². The van der Waals surface area contributed by atoms with Crippen LogP contribution in [0.15, 0.2) is 0 Å². The molecule has 2 heterocycles. The lowest BCUT2D eigenvalue weighted by Crippen LogP contribution is -2.52. The van der Waals surface area contributed by atoms with Crippen LogP contribution in [0.4, 0.5) is 4.79 Å². The third-order valence-corrected chi connectivity index (χ3v) is 7.17. The molecule has 2 saturated heterocycles. The van der Waals surface area contributed by atoms with Gasteiger partial charge in [0, 0.05) is 44.2 Å².